The minimum atomic E-state index is 0.483. The van der Waals surface area contributed by atoms with Crippen LogP contribution in [0.3, 0.4) is 0 Å². The maximum absolute atomic E-state index is 5.44. The Morgan fingerprint density at radius 1 is 1.10 bits per heavy atom. The highest BCUT2D eigenvalue weighted by Gasteiger charge is 2.07. The highest BCUT2D eigenvalue weighted by molar-refractivity contribution is 5.86. The fourth-order valence-corrected chi connectivity index (χ4v) is 2.10. The number of hydrogen-bond donors (Lipinski definition) is 0. The van der Waals surface area contributed by atoms with E-state index >= 15 is 0 Å². The van der Waals surface area contributed by atoms with Gasteiger partial charge in [-0.15, -0.1) is 6.42 Å². The van der Waals surface area contributed by atoms with Crippen LogP contribution >= 0.6 is 0 Å². The lowest BCUT2D eigenvalue weighted by molar-refractivity contribution is 0.861. The second kappa shape index (κ2) is 5.41. The molecule has 0 atom stereocenters. The molecule has 20 heavy (non-hydrogen) atoms. The van der Waals surface area contributed by atoms with Gasteiger partial charge in [0.25, 0.3) is 0 Å². The van der Waals surface area contributed by atoms with Gasteiger partial charge in [0.15, 0.2) is 5.82 Å². The molecule has 0 amide bonds. The van der Waals surface area contributed by atoms with Crippen molar-refractivity contribution in [2.24, 2.45) is 4.99 Å². The van der Waals surface area contributed by atoms with Crippen LogP contribution < -0.4 is 0 Å². The van der Waals surface area contributed by atoms with E-state index in [0.29, 0.717) is 6.54 Å². The predicted molar refractivity (Wildman–Crippen MR) is 82.3 cm³/mol. The fraction of sp³-hybridized carbons (Fsp3) is 0.0588. The molecule has 3 rings (SSSR count). The molecule has 0 aliphatic rings. The Morgan fingerprint density at radius 3 is 2.65 bits per heavy atom. The number of benzene rings is 2. The Kier molecular flexibility index (Phi) is 3.30. The van der Waals surface area contributed by atoms with E-state index in [1.54, 1.807) is 6.21 Å². The van der Waals surface area contributed by atoms with Crippen molar-refractivity contribution in [1.29, 1.82) is 0 Å². The number of terminal acetylenes is 1. The molecule has 1 heterocycles. The molecular formula is C17H13N3. The van der Waals surface area contributed by atoms with E-state index < -0.39 is 0 Å². The van der Waals surface area contributed by atoms with Crippen molar-refractivity contribution in [2.75, 3.05) is 0 Å². The summed E-state index contributed by atoms with van der Waals surface area (Å²) in [5.74, 6) is 3.43. The molecule has 0 bridgehead atoms. The first-order chi connectivity index (χ1) is 9.88. The molecule has 0 saturated carbocycles. The molecule has 3 heteroatoms. The molecular weight excluding hydrogens is 246 g/mol. The number of aromatic nitrogens is 2. The topological polar surface area (TPSA) is 30.2 Å². The largest absolute Gasteiger partial charge is 0.311 e. The third-order valence-electron chi connectivity index (χ3n) is 3.02. The Bertz CT molecular complexity index is 792. The lowest BCUT2D eigenvalue weighted by Crippen LogP contribution is -2.01. The molecule has 0 radical (unpaired) electrons. The summed E-state index contributed by atoms with van der Waals surface area (Å²) in [4.78, 5) is 9.00. The highest BCUT2D eigenvalue weighted by atomic mass is 15.1. The Morgan fingerprint density at radius 2 is 1.85 bits per heavy atom. The van der Waals surface area contributed by atoms with Gasteiger partial charge >= 0.3 is 0 Å². The van der Waals surface area contributed by atoms with Gasteiger partial charge in [0.05, 0.1) is 29.5 Å². The number of hydrogen-bond acceptors (Lipinski definition) is 2. The Balaban J connectivity index is 2.05. The summed E-state index contributed by atoms with van der Waals surface area (Å²) in [5.41, 5.74) is 2.85. The van der Waals surface area contributed by atoms with Gasteiger partial charge in [-0.05, 0) is 24.3 Å². The molecule has 0 aliphatic heterocycles. The fourth-order valence-electron chi connectivity index (χ4n) is 2.10. The molecule has 2 aromatic carbocycles. The molecule has 0 N–H and O–H groups in total. The molecule has 0 saturated heterocycles. The van der Waals surface area contributed by atoms with Gasteiger partial charge in [-0.3, -0.25) is 4.99 Å². The van der Waals surface area contributed by atoms with Gasteiger partial charge in [0, 0.05) is 0 Å². The lowest BCUT2D eigenvalue weighted by atomic mass is 10.3. The summed E-state index contributed by atoms with van der Waals surface area (Å²) in [7, 11) is 0. The van der Waals surface area contributed by atoms with E-state index in [2.05, 4.69) is 15.9 Å². The van der Waals surface area contributed by atoms with Crippen LogP contribution in [0.1, 0.15) is 5.82 Å². The number of rotatable bonds is 3. The van der Waals surface area contributed by atoms with Crippen LogP contribution in [0.25, 0.3) is 11.0 Å². The summed E-state index contributed by atoms with van der Waals surface area (Å²) in [6.45, 7) is 0.483. The van der Waals surface area contributed by atoms with E-state index in [0.717, 1.165) is 22.5 Å². The lowest BCUT2D eigenvalue weighted by Gasteiger charge is -2.00. The Labute approximate surface area is 117 Å². The minimum absolute atomic E-state index is 0.483. The van der Waals surface area contributed by atoms with Crippen LogP contribution in [0.5, 0.6) is 0 Å². The van der Waals surface area contributed by atoms with Crippen LogP contribution in [0.4, 0.5) is 5.69 Å². The van der Waals surface area contributed by atoms with Crippen molar-refractivity contribution in [3.8, 4) is 12.3 Å². The molecule has 0 spiro atoms. The average Bonchev–Trinajstić information content (AvgIpc) is 2.85. The molecule has 0 fully saturated rings. The number of aliphatic imine (C=N–C) groups is 1. The van der Waals surface area contributed by atoms with Crippen LogP contribution in [-0.4, -0.2) is 15.8 Å². The van der Waals surface area contributed by atoms with Gasteiger partial charge in [-0.1, -0.05) is 36.3 Å². The van der Waals surface area contributed by atoms with Crippen LogP contribution in [0.2, 0.25) is 0 Å². The molecule has 0 aliphatic carbocycles. The number of para-hydroxylation sites is 3. The van der Waals surface area contributed by atoms with Crippen molar-refractivity contribution in [3.05, 3.63) is 60.4 Å². The third-order valence-corrected chi connectivity index (χ3v) is 3.02. The van der Waals surface area contributed by atoms with Crippen molar-refractivity contribution in [3.63, 3.8) is 0 Å². The standard InChI is InChI=1S/C17H13N3/c1-2-12-20-16-11-7-6-10-15(16)19-17(20)13-18-14-8-4-3-5-9-14/h1,3-11,13H,12H2. The predicted octanol–water partition coefficient (Wildman–Crippen LogP) is 3.42. The van der Waals surface area contributed by atoms with E-state index in [1.165, 1.54) is 0 Å². The van der Waals surface area contributed by atoms with E-state index in [9.17, 15) is 0 Å². The molecule has 3 aromatic rings. The van der Waals surface area contributed by atoms with E-state index in [-0.39, 0.29) is 0 Å². The summed E-state index contributed by atoms with van der Waals surface area (Å²) < 4.78 is 1.99. The quantitative estimate of drug-likeness (QED) is 0.523. The second-order valence-corrected chi connectivity index (χ2v) is 4.34. The number of imidazole rings is 1. The van der Waals surface area contributed by atoms with Crippen molar-refractivity contribution < 1.29 is 0 Å². The Hall–Kier alpha value is -2.86. The third kappa shape index (κ3) is 2.32. The first kappa shape index (κ1) is 12.2. The molecule has 3 nitrogen and oxygen atoms in total. The van der Waals surface area contributed by atoms with Crippen LogP contribution in [-0.2, 0) is 6.54 Å². The van der Waals surface area contributed by atoms with Crippen molar-refractivity contribution in [2.45, 2.75) is 6.54 Å². The van der Waals surface area contributed by atoms with Crippen molar-refractivity contribution in [1.82, 2.24) is 9.55 Å². The highest BCUT2D eigenvalue weighted by Crippen LogP contribution is 2.16. The maximum atomic E-state index is 5.44. The summed E-state index contributed by atoms with van der Waals surface area (Å²) >= 11 is 0. The van der Waals surface area contributed by atoms with Gasteiger partial charge < -0.3 is 4.57 Å². The summed E-state index contributed by atoms with van der Waals surface area (Å²) in [6.07, 6.45) is 7.20. The molecule has 0 unspecified atom stereocenters. The normalized spacial score (nSPS) is 10.9. The van der Waals surface area contributed by atoms with Gasteiger partial charge in [-0.2, -0.15) is 0 Å². The monoisotopic (exact) mass is 259 g/mol. The first-order valence-corrected chi connectivity index (χ1v) is 6.36. The van der Waals surface area contributed by atoms with Gasteiger partial charge in [0.2, 0.25) is 0 Å². The summed E-state index contributed by atoms with van der Waals surface area (Å²) in [6, 6.07) is 17.7. The smallest absolute Gasteiger partial charge is 0.153 e. The zero-order valence-electron chi connectivity index (χ0n) is 10.9. The van der Waals surface area contributed by atoms with E-state index in [1.807, 2.05) is 59.2 Å². The zero-order valence-corrected chi connectivity index (χ0v) is 10.9. The van der Waals surface area contributed by atoms with Crippen LogP contribution in [0.15, 0.2) is 59.6 Å². The average molecular weight is 259 g/mol. The van der Waals surface area contributed by atoms with E-state index in [4.69, 9.17) is 6.42 Å². The van der Waals surface area contributed by atoms with Crippen LogP contribution in [0, 0.1) is 12.3 Å². The minimum Gasteiger partial charge on any atom is -0.311 e. The van der Waals surface area contributed by atoms with Crippen molar-refractivity contribution >= 4 is 22.9 Å². The summed E-state index contributed by atoms with van der Waals surface area (Å²) in [5, 5.41) is 0. The second-order valence-electron chi connectivity index (χ2n) is 4.34. The number of nitrogens with zero attached hydrogens (tertiary/aromatic N) is 3. The maximum Gasteiger partial charge on any atom is 0.153 e. The first-order valence-electron chi connectivity index (χ1n) is 6.36. The number of fused-ring (bicyclic) bond motifs is 1. The zero-order chi connectivity index (χ0) is 13.8. The van der Waals surface area contributed by atoms with Gasteiger partial charge in [0.1, 0.15) is 0 Å². The molecule has 96 valence electrons. The SMILES string of the molecule is C#CCn1c(C=Nc2ccccc2)nc2ccccc21. The molecule has 1 aromatic heterocycles. The van der Waals surface area contributed by atoms with Gasteiger partial charge in [-0.25, -0.2) is 4.98 Å².